The molecule has 0 aliphatic carbocycles. The number of nitrogens with zero attached hydrogens (tertiary/aromatic N) is 5. The Labute approximate surface area is 203 Å². The van der Waals surface area contributed by atoms with E-state index in [0.717, 1.165) is 25.7 Å². The molecule has 0 saturated carbocycles. The van der Waals surface area contributed by atoms with Gasteiger partial charge in [-0.2, -0.15) is 25.1 Å². The minimum Gasteiger partial charge on any atom is -0.395 e. The molecule has 0 spiro atoms. The lowest BCUT2D eigenvalue weighted by atomic mass is 9.79. The molecule has 0 atom stereocenters. The van der Waals surface area contributed by atoms with Gasteiger partial charge in [0.2, 0.25) is 17.8 Å². The fourth-order valence-corrected chi connectivity index (χ4v) is 5.86. The maximum Gasteiger partial charge on any atom is 0.229 e. The standard InChI is InChI=1S/C23H44N8O3/c1-20(2)11-15(12-21(3,4)30(20)33)25-18-27-17(24-9-10-32)28-19(29-18)26-16-13-22(5,6)31(34)23(7,8)14-16/h15-16,32-34H,9-14H2,1-8H3,(H3,24,25,26,27,28,29). The molecule has 0 amide bonds. The highest BCUT2D eigenvalue weighted by Gasteiger charge is 2.46. The van der Waals surface area contributed by atoms with Gasteiger partial charge in [0, 0.05) is 40.8 Å². The molecule has 2 fully saturated rings. The average molecular weight is 481 g/mol. The van der Waals surface area contributed by atoms with Gasteiger partial charge in [0.25, 0.3) is 0 Å². The molecule has 11 heteroatoms. The molecule has 1 aromatic heterocycles. The van der Waals surface area contributed by atoms with Gasteiger partial charge in [-0.1, -0.05) is 0 Å². The highest BCUT2D eigenvalue weighted by molar-refractivity contribution is 5.43. The first kappa shape index (κ1) is 26.8. The molecule has 6 N–H and O–H groups in total. The second-order valence-electron chi connectivity index (χ2n) is 12.3. The summed E-state index contributed by atoms with van der Waals surface area (Å²) in [6.45, 7) is 16.5. The number of aromatic nitrogens is 3. The smallest absolute Gasteiger partial charge is 0.229 e. The summed E-state index contributed by atoms with van der Waals surface area (Å²) in [6.07, 6.45) is 2.88. The van der Waals surface area contributed by atoms with Gasteiger partial charge in [-0.25, -0.2) is 0 Å². The second kappa shape index (κ2) is 9.34. The van der Waals surface area contributed by atoms with Crippen LogP contribution in [0, 0.1) is 0 Å². The molecular formula is C23H44N8O3. The largest absolute Gasteiger partial charge is 0.395 e. The topological polar surface area (TPSA) is 142 Å². The Morgan fingerprint density at radius 1 is 0.676 bits per heavy atom. The van der Waals surface area contributed by atoms with Crippen LogP contribution in [0.2, 0.25) is 0 Å². The SMILES string of the molecule is CC1(C)CC(Nc2nc(NCCO)nc(NC3CC(C)(C)N(O)C(C)(C)C3)n2)CC(C)(C)N1O. The second-order valence-corrected chi connectivity index (χ2v) is 12.3. The highest BCUT2D eigenvalue weighted by atomic mass is 16.5. The fraction of sp³-hybridized carbons (Fsp3) is 0.870. The van der Waals surface area contributed by atoms with Gasteiger partial charge in [0.15, 0.2) is 0 Å². The van der Waals surface area contributed by atoms with Gasteiger partial charge in [0.1, 0.15) is 0 Å². The lowest BCUT2D eigenvalue weighted by molar-refractivity contribution is -0.243. The van der Waals surface area contributed by atoms with Crippen LogP contribution in [0.5, 0.6) is 0 Å². The van der Waals surface area contributed by atoms with E-state index < -0.39 is 22.2 Å². The summed E-state index contributed by atoms with van der Waals surface area (Å²) in [5, 5.41) is 43.3. The summed E-state index contributed by atoms with van der Waals surface area (Å²) in [4.78, 5) is 13.7. The Bertz CT molecular complexity index is 762. The van der Waals surface area contributed by atoms with E-state index in [0.29, 0.717) is 24.4 Å². The molecule has 2 aliphatic rings. The van der Waals surface area contributed by atoms with Gasteiger partial charge in [-0.05, 0) is 81.1 Å². The van der Waals surface area contributed by atoms with Crippen molar-refractivity contribution in [2.75, 3.05) is 29.1 Å². The van der Waals surface area contributed by atoms with Crippen LogP contribution in [-0.4, -0.2) is 88.0 Å². The van der Waals surface area contributed by atoms with Crippen molar-refractivity contribution in [2.24, 2.45) is 0 Å². The van der Waals surface area contributed by atoms with Crippen molar-refractivity contribution >= 4 is 17.8 Å². The molecule has 0 aromatic carbocycles. The summed E-state index contributed by atoms with van der Waals surface area (Å²) >= 11 is 0. The number of hydrogen-bond donors (Lipinski definition) is 6. The zero-order chi connectivity index (χ0) is 25.5. The number of anilines is 3. The molecule has 0 bridgehead atoms. The van der Waals surface area contributed by atoms with E-state index in [-0.39, 0.29) is 18.7 Å². The van der Waals surface area contributed by atoms with Gasteiger partial charge in [-0.15, -0.1) is 0 Å². The summed E-state index contributed by atoms with van der Waals surface area (Å²) in [5.74, 6) is 1.27. The van der Waals surface area contributed by atoms with Crippen molar-refractivity contribution in [3.05, 3.63) is 0 Å². The van der Waals surface area contributed by atoms with Crippen LogP contribution in [0.1, 0.15) is 81.1 Å². The number of rotatable bonds is 7. The number of aliphatic hydroxyl groups excluding tert-OH is 1. The van der Waals surface area contributed by atoms with Crippen LogP contribution in [0.15, 0.2) is 0 Å². The van der Waals surface area contributed by atoms with Crippen molar-refractivity contribution in [1.29, 1.82) is 0 Å². The normalized spacial score (nSPS) is 25.1. The van der Waals surface area contributed by atoms with E-state index in [1.165, 1.54) is 10.1 Å². The fourth-order valence-electron chi connectivity index (χ4n) is 5.86. The van der Waals surface area contributed by atoms with Crippen molar-refractivity contribution in [1.82, 2.24) is 25.1 Å². The number of hydroxylamine groups is 4. The Kier molecular flexibility index (Phi) is 7.37. The summed E-state index contributed by atoms with van der Waals surface area (Å²) in [5.41, 5.74) is -1.61. The third-order valence-electron chi connectivity index (χ3n) is 6.97. The Morgan fingerprint density at radius 3 is 1.32 bits per heavy atom. The molecule has 11 nitrogen and oxygen atoms in total. The van der Waals surface area contributed by atoms with Gasteiger partial charge < -0.3 is 31.5 Å². The van der Waals surface area contributed by atoms with E-state index in [9.17, 15) is 15.5 Å². The zero-order valence-corrected chi connectivity index (χ0v) is 22.0. The maximum absolute atomic E-state index is 10.6. The van der Waals surface area contributed by atoms with Crippen LogP contribution in [0.3, 0.4) is 0 Å². The molecule has 194 valence electrons. The molecule has 1 aromatic rings. The minimum atomic E-state index is -0.402. The third-order valence-corrected chi connectivity index (χ3v) is 6.97. The molecule has 2 saturated heterocycles. The van der Waals surface area contributed by atoms with Crippen LogP contribution in [0.25, 0.3) is 0 Å². The average Bonchev–Trinajstić information content (AvgIpc) is 2.67. The first-order valence-corrected chi connectivity index (χ1v) is 12.2. The first-order valence-electron chi connectivity index (χ1n) is 12.2. The molecule has 2 aliphatic heterocycles. The quantitative estimate of drug-likeness (QED) is 0.343. The number of piperidine rings is 2. The monoisotopic (exact) mass is 480 g/mol. The lowest BCUT2D eigenvalue weighted by Gasteiger charge is -2.51. The van der Waals surface area contributed by atoms with E-state index in [4.69, 9.17) is 0 Å². The molecule has 3 rings (SSSR count). The predicted molar refractivity (Wildman–Crippen MR) is 132 cm³/mol. The van der Waals surface area contributed by atoms with Crippen LogP contribution < -0.4 is 16.0 Å². The van der Waals surface area contributed by atoms with Crippen LogP contribution in [0.4, 0.5) is 17.8 Å². The van der Waals surface area contributed by atoms with Crippen molar-refractivity contribution in [3.8, 4) is 0 Å². The number of aliphatic hydroxyl groups is 1. The summed E-state index contributed by atoms with van der Waals surface area (Å²) < 4.78 is 0. The molecule has 3 heterocycles. The highest BCUT2D eigenvalue weighted by Crippen LogP contribution is 2.39. The molecule has 0 unspecified atom stereocenters. The number of hydrogen-bond acceptors (Lipinski definition) is 11. The van der Waals surface area contributed by atoms with E-state index in [1.807, 2.05) is 55.4 Å². The predicted octanol–water partition coefficient (Wildman–Crippen LogP) is 2.92. The summed E-state index contributed by atoms with van der Waals surface area (Å²) in [7, 11) is 0. The lowest BCUT2D eigenvalue weighted by Crippen LogP contribution is -2.61. The first-order chi connectivity index (χ1) is 15.6. The molecular weight excluding hydrogens is 436 g/mol. The van der Waals surface area contributed by atoms with E-state index >= 15 is 0 Å². The molecule has 0 radical (unpaired) electrons. The Balaban J connectivity index is 1.83. The minimum absolute atomic E-state index is 0.0358. The Morgan fingerprint density at radius 2 is 1.00 bits per heavy atom. The molecule has 34 heavy (non-hydrogen) atoms. The van der Waals surface area contributed by atoms with Crippen molar-refractivity contribution < 1.29 is 15.5 Å². The Hall–Kier alpha value is -1.79. The van der Waals surface area contributed by atoms with E-state index in [1.54, 1.807) is 0 Å². The van der Waals surface area contributed by atoms with Crippen molar-refractivity contribution in [3.63, 3.8) is 0 Å². The maximum atomic E-state index is 10.6. The van der Waals surface area contributed by atoms with Crippen LogP contribution in [-0.2, 0) is 0 Å². The third kappa shape index (κ3) is 5.88. The van der Waals surface area contributed by atoms with Crippen molar-refractivity contribution in [2.45, 2.75) is 115 Å². The van der Waals surface area contributed by atoms with Crippen LogP contribution >= 0.6 is 0 Å². The summed E-state index contributed by atoms with van der Waals surface area (Å²) in [6, 6.07) is 0.120. The van der Waals surface area contributed by atoms with Gasteiger partial charge in [0.05, 0.1) is 6.61 Å². The van der Waals surface area contributed by atoms with Gasteiger partial charge in [-0.3, -0.25) is 0 Å². The van der Waals surface area contributed by atoms with E-state index in [2.05, 4.69) is 30.9 Å². The zero-order valence-electron chi connectivity index (χ0n) is 22.0. The number of nitrogens with one attached hydrogen (secondary N) is 3. The van der Waals surface area contributed by atoms with Gasteiger partial charge >= 0.3 is 0 Å².